The molecule has 0 saturated carbocycles. The third kappa shape index (κ3) is 3.58. The standard InChI is InChI=1S/As2O3.AsH3O4/c3-1-4-2(3)5-1;2-1(3,4)5/h;(H3,2,3,4,5). The van der Waals surface area contributed by atoms with Crippen LogP contribution in [0.15, 0.2) is 0 Å². The van der Waals surface area contributed by atoms with Gasteiger partial charge < -0.3 is 0 Å². The average Bonchev–Trinajstić information content (AvgIpc) is 1.04. The molecule has 0 spiro atoms. The van der Waals surface area contributed by atoms with Gasteiger partial charge in [-0.2, -0.15) is 0 Å². The normalized spacial score (nSPS) is 34.7. The number of hydrogen-bond donors (Lipinski definition) is 3. The van der Waals surface area contributed by atoms with Crippen LogP contribution in [0.25, 0.3) is 0 Å². The van der Waals surface area contributed by atoms with E-state index in [1.54, 1.807) is 0 Å². The molecular formula is H3As3O7. The number of hydrogen-bond acceptors (Lipinski definition) is 4. The SMILES string of the molecule is O1[As]2O[As]1O2.O=[As](O)(O)O. The summed E-state index contributed by atoms with van der Waals surface area (Å²) in [5.74, 6) is 0. The summed E-state index contributed by atoms with van der Waals surface area (Å²) in [5, 5.41) is 0. The zero-order valence-electron chi connectivity index (χ0n) is 4.32. The van der Waals surface area contributed by atoms with E-state index in [1.165, 1.54) is 0 Å². The quantitative estimate of drug-likeness (QED) is 0.401. The molecule has 0 radical (unpaired) electrons. The first kappa shape index (κ1) is 9.32. The third-order valence-corrected chi connectivity index (χ3v) is 10.8. The summed E-state index contributed by atoms with van der Waals surface area (Å²) in [6.07, 6.45) is 0. The Kier molecular flexibility index (Phi) is 3.09. The van der Waals surface area contributed by atoms with Crippen molar-refractivity contribution in [1.82, 2.24) is 0 Å². The van der Waals surface area contributed by atoms with Crippen molar-refractivity contribution in [3.8, 4) is 0 Å². The first-order valence-corrected chi connectivity index (χ1v) is 9.76. The first-order valence-electron chi connectivity index (χ1n) is 1.88. The van der Waals surface area contributed by atoms with Gasteiger partial charge in [0.2, 0.25) is 0 Å². The fourth-order valence-corrected chi connectivity index (χ4v) is 4.90. The van der Waals surface area contributed by atoms with Crippen molar-refractivity contribution in [3.05, 3.63) is 0 Å². The summed E-state index contributed by atoms with van der Waals surface area (Å²) in [6.45, 7) is 0. The Morgan fingerprint density at radius 2 is 1.10 bits per heavy atom. The molecule has 3 N–H and O–H groups in total. The Bertz CT molecular complexity index is 130. The zero-order chi connectivity index (χ0) is 7.78. The van der Waals surface area contributed by atoms with E-state index >= 15 is 0 Å². The van der Waals surface area contributed by atoms with Gasteiger partial charge in [0.1, 0.15) is 0 Å². The van der Waals surface area contributed by atoms with Gasteiger partial charge in [0.25, 0.3) is 0 Å². The molecule has 0 aliphatic carbocycles. The molecular weight excluding hydrogens is 337 g/mol. The number of rotatable bonds is 0. The molecule has 0 atom stereocenters. The van der Waals surface area contributed by atoms with Crippen molar-refractivity contribution in [2.24, 2.45) is 0 Å². The van der Waals surface area contributed by atoms with Crippen LogP contribution in [0, 0.1) is 0 Å². The second-order valence-corrected chi connectivity index (χ2v) is 11.6. The molecule has 60 valence electrons. The predicted molar refractivity (Wildman–Crippen MR) is 27.9 cm³/mol. The van der Waals surface area contributed by atoms with Crippen LogP contribution < -0.4 is 0 Å². The Morgan fingerprint density at radius 3 is 1.10 bits per heavy atom. The molecule has 10 heavy (non-hydrogen) atoms. The van der Waals surface area contributed by atoms with Gasteiger partial charge in [0.05, 0.1) is 0 Å². The van der Waals surface area contributed by atoms with Crippen molar-refractivity contribution in [1.29, 1.82) is 0 Å². The van der Waals surface area contributed by atoms with Crippen LogP contribution >= 0.6 is 0 Å². The molecule has 3 heterocycles. The van der Waals surface area contributed by atoms with Crippen LogP contribution in [0.3, 0.4) is 0 Å². The van der Waals surface area contributed by atoms with Crippen molar-refractivity contribution in [3.63, 3.8) is 0 Å². The zero-order valence-corrected chi connectivity index (χ0v) is 9.95. The summed E-state index contributed by atoms with van der Waals surface area (Å²) in [4.78, 5) is 0. The second kappa shape index (κ2) is 3.31. The van der Waals surface area contributed by atoms with Crippen LogP contribution in [0.5, 0.6) is 0 Å². The molecule has 0 amide bonds. The molecule has 0 aromatic rings. The summed E-state index contributed by atoms with van der Waals surface area (Å²) in [5.41, 5.74) is 0. The summed E-state index contributed by atoms with van der Waals surface area (Å²) >= 11 is -7.75. The summed E-state index contributed by atoms with van der Waals surface area (Å²) < 4.78 is 45.3. The summed E-state index contributed by atoms with van der Waals surface area (Å²) in [7, 11) is 0. The van der Waals surface area contributed by atoms with Gasteiger partial charge in [-0.05, 0) is 0 Å². The van der Waals surface area contributed by atoms with Gasteiger partial charge >= 0.3 is 70.0 Å². The Hall–Kier alpha value is 1.24. The maximum atomic E-state index is 8.94. The topological polar surface area (TPSA) is 105 Å². The van der Waals surface area contributed by atoms with Crippen molar-refractivity contribution in [2.45, 2.75) is 0 Å². The van der Waals surface area contributed by atoms with E-state index in [4.69, 9.17) is 24.2 Å². The molecule has 0 unspecified atom stereocenters. The van der Waals surface area contributed by atoms with Gasteiger partial charge in [-0.25, -0.2) is 0 Å². The molecule has 0 aromatic carbocycles. The molecule has 10 heteroatoms. The van der Waals surface area contributed by atoms with E-state index in [-0.39, 0.29) is 0 Å². The van der Waals surface area contributed by atoms with Crippen LogP contribution in [-0.4, -0.2) is 58.2 Å². The maximum absolute atomic E-state index is 8.94. The minimum absolute atomic E-state index is 1.31. The van der Waals surface area contributed by atoms with E-state index in [9.17, 15) is 0 Å². The predicted octanol–water partition coefficient (Wildman–Crippen LogP) is -3.14. The molecule has 3 fully saturated rings. The Morgan fingerprint density at radius 1 is 1.00 bits per heavy atom. The first-order chi connectivity index (χ1) is 4.45. The molecule has 3 saturated heterocycles. The van der Waals surface area contributed by atoms with Gasteiger partial charge in [-0.15, -0.1) is 0 Å². The molecule has 3 rings (SSSR count). The van der Waals surface area contributed by atoms with Crippen molar-refractivity contribution in [2.75, 3.05) is 0 Å². The van der Waals surface area contributed by atoms with Gasteiger partial charge in [0, 0.05) is 0 Å². The Labute approximate surface area is 69.9 Å². The Balaban J connectivity index is 0.0000001000. The van der Waals surface area contributed by atoms with Crippen molar-refractivity contribution < 1.29 is 24.2 Å². The van der Waals surface area contributed by atoms with Gasteiger partial charge in [-0.1, -0.05) is 0 Å². The average molecular weight is 340 g/mol. The van der Waals surface area contributed by atoms with E-state index in [0.29, 0.717) is 0 Å². The van der Waals surface area contributed by atoms with Crippen LogP contribution in [0.2, 0.25) is 0 Å². The van der Waals surface area contributed by atoms with E-state index in [2.05, 4.69) is 0 Å². The fourth-order valence-electron chi connectivity index (χ4n) is 0.182. The van der Waals surface area contributed by atoms with Crippen LogP contribution in [0.1, 0.15) is 0 Å². The minimum atomic E-state index is -5.12. The van der Waals surface area contributed by atoms with Crippen LogP contribution in [-0.2, 0) is 11.9 Å². The van der Waals surface area contributed by atoms with Gasteiger partial charge in [0.15, 0.2) is 0 Å². The third-order valence-electron chi connectivity index (χ3n) is 0.400. The second-order valence-electron chi connectivity index (χ2n) is 1.21. The molecule has 3 aliphatic heterocycles. The van der Waals surface area contributed by atoms with Crippen LogP contribution in [0.4, 0.5) is 0 Å². The monoisotopic (exact) mass is 340 g/mol. The van der Waals surface area contributed by atoms with Gasteiger partial charge in [-0.3, -0.25) is 0 Å². The molecule has 7 nitrogen and oxygen atoms in total. The fraction of sp³-hybridized carbons (Fsp3) is 0. The molecule has 0 aromatic heterocycles. The van der Waals surface area contributed by atoms with E-state index < -0.39 is 45.9 Å². The molecule has 2 bridgehead atoms. The van der Waals surface area contributed by atoms with Crippen molar-refractivity contribution >= 4 is 45.9 Å². The van der Waals surface area contributed by atoms with E-state index in [0.717, 1.165) is 0 Å². The summed E-state index contributed by atoms with van der Waals surface area (Å²) in [6, 6.07) is 0. The molecule has 3 aliphatic rings. The van der Waals surface area contributed by atoms with E-state index in [1.807, 2.05) is 0 Å².